The Kier molecular flexibility index (Phi) is 3.87. The molecule has 0 rings (SSSR count). The highest BCUT2D eigenvalue weighted by molar-refractivity contribution is 6.93. The Morgan fingerprint density at radius 3 is 2.25 bits per heavy atom. The Morgan fingerprint density at radius 1 is 2.00 bits per heavy atom. The first-order chi connectivity index (χ1) is 1.91. The molecule has 1 nitrogen and oxygen atoms in total. The summed E-state index contributed by atoms with van der Waals surface area (Å²) in [4.78, 5) is 0. The van der Waals surface area contributed by atoms with Crippen molar-refractivity contribution in [1.82, 2.24) is 0 Å². The summed E-state index contributed by atoms with van der Waals surface area (Å²) in [5.74, 6) is 0. The van der Waals surface area contributed by atoms with E-state index in [0.717, 1.165) is 0 Å². The summed E-state index contributed by atoms with van der Waals surface area (Å²) in [6, 6.07) is 0. The number of hydrogen-bond donors (Lipinski definition) is 1. The van der Waals surface area contributed by atoms with Crippen molar-refractivity contribution in [3.05, 3.63) is 0 Å². The maximum Gasteiger partial charge on any atom is 0.152 e. The summed E-state index contributed by atoms with van der Waals surface area (Å²) in [7, 11) is -0.548. The van der Waals surface area contributed by atoms with Crippen LogP contribution in [0.4, 0.5) is 0 Å². The van der Waals surface area contributed by atoms with Crippen molar-refractivity contribution in [2.45, 2.75) is 0 Å². The van der Waals surface area contributed by atoms with Gasteiger partial charge in [0, 0.05) is 6.23 Å². The van der Waals surface area contributed by atoms with Gasteiger partial charge in [0.1, 0.15) is 0 Å². The Hall–Kier alpha value is 0.467. The standard InChI is InChI=1S/CH5ClOSi/c2-4-1-3/h3H,1,4H2. The molecule has 3 heteroatoms. The molecule has 0 aliphatic rings. The normalized spacial score (nSPS) is 10.5. The van der Waals surface area contributed by atoms with Crippen LogP contribution in [0.2, 0.25) is 0 Å². The molecule has 0 amide bonds. The third-order valence-corrected chi connectivity index (χ3v) is 0.761. The van der Waals surface area contributed by atoms with Crippen LogP contribution in [0.1, 0.15) is 0 Å². The van der Waals surface area contributed by atoms with Gasteiger partial charge in [-0.1, -0.05) is 0 Å². The fourth-order valence-electron chi connectivity index (χ4n) is 0. The van der Waals surface area contributed by atoms with Crippen LogP contribution in [0.15, 0.2) is 0 Å². The van der Waals surface area contributed by atoms with E-state index in [9.17, 15) is 0 Å². The maximum absolute atomic E-state index is 7.80. The maximum atomic E-state index is 7.80. The third-order valence-electron chi connectivity index (χ3n) is 0.0845. The SMILES string of the molecule is OC[SiH2]Cl. The zero-order valence-electron chi connectivity index (χ0n) is 2.24. The number of aliphatic hydroxyl groups is 1. The lowest BCUT2D eigenvalue weighted by Gasteiger charge is -1.65. The lowest BCUT2D eigenvalue weighted by atomic mass is 11.7. The number of rotatable bonds is 1. The van der Waals surface area contributed by atoms with Gasteiger partial charge < -0.3 is 5.11 Å². The van der Waals surface area contributed by atoms with E-state index in [1.54, 1.807) is 0 Å². The van der Waals surface area contributed by atoms with Crippen LogP contribution in [0.5, 0.6) is 0 Å². The molecule has 0 atom stereocenters. The van der Waals surface area contributed by atoms with Gasteiger partial charge in [-0.15, -0.1) is 0 Å². The second kappa shape index (κ2) is 3.47. The Bertz CT molecular complexity index is 10.0. The second-order valence-corrected chi connectivity index (χ2v) is 2.37. The van der Waals surface area contributed by atoms with Crippen LogP contribution < -0.4 is 0 Å². The second-order valence-electron chi connectivity index (χ2n) is 0.413. The van der Waals surface area contributed by atoms with Crippen LogP contribution in [0, 0.1) is 0 Å². The van der Waals surface area contributed by atoms with E-state index in [0.29, 0.717) is 0 Å². The summed E-state index contributed by atoms with van der Waals surface area (Å²) in [5.41, 5.74) is 0. The Balaban J connectivity index is 1.97. The third kappa shape index (κ3) is 2.47. The van der Waals surface area contributed by atoms with Gasteiger partial charge >= 0.3 is 0 Å². The van der Waals surface area contributed by atoms with E-state index in [1.807, 2.05) is 0 Å². The molecule has 26 valence electrons. The Morgan fingerprint density at radius 2 is 2.25 bits per heavy atom. The first-order valence-electron chi connectivity index (χ1n) is 1.08. The van der Waals surface area contributed by atoms with Crippen molar-refractivity contribution in [3.8, 4) is 0 Å². The van der Waals surface area contributed by atoms with Gasteiger partial charge in [0.25, 0.3) is 0 Å². The lowest BCUT2D eigenvalue weighted by molar-refractivity contribution is 0.368. The highest BCUT2D eigenvalue weighted by Crippen LogP contribution is 1.57. The molecule has 0 radical (unpaired) electrons. The molecule has 0 aromatic heterocycles. The predicted molar refractivity (Wildman–Crippen MR) is 21.5 cm³/mol. The van der Waals surface area contributed by atoms with Crippen molar-refractivity contribution in [2.75, 3.05) is 6.23 Å². The quantitative estimate of drug-likeness (QED) is 0.337. The molecular formula is CH5ClOSi. The van der Waals surface area contributed by atoms with Crippen LogP contribution >= 0.6 is 11.1 Å². The average Bonchev–Trinajstić information content (AvgIpc) is 1.37. The van der Waals surface area contributed by atoms with E-state index in [4.69, 9.17) is 16.2 Å². The van der Waals surface area contributed by atoms with Gasteiger partial charge in [0.15, 0.2) is 8.83 Å². The van der Waals surface area contributed by atoms with Gasteiger partial charge in [-0.3, -0.25) is 0 Å². The highest BCUT2D eigenvalue weighted by Gasteiger charge is 1.63. The van der Waals surface area contributed by atoms with Crippen LogP contribution in [0.3, 0.4) is 0 Å². The molecule has 0 spiro atoms. The summed E-state index contributed by atoms with van der Waals surface area (Å²) in [5, 5.41) is 7.80. The van der Waals surface area contributed by atoms with Gasteiger partial charge in [-0.2, -0.15) is 11.1 Å². The molecule has 0 aromatic carbocycles. The molecule has 1 N–H and O–H groups in total. The summed E-state index contributed by atoms with van der Waals surface area (Å²) in [6.07, 6.45) is 0.224. The minimum Gasteiger partial charge on any atom is -0.399 e. The fourth-order valence-corrected chi connectivity index (χ4v) is 0. The number of hydrogen-bond acceptors (Lipinski definition) is 1. The van der Waals surface area contributed by atoms with Crippen LogP contribution in [-0.2, 0) is 0 Å². The molecule has 4 heavy (non-hydrogen) atoms. The van der Waals surface area contributed by atoms with Crippen LogP contribution in [-0.4, -0.2) is 20.2 Å². The molecule has 0 saturated carbocycles. The fraction of sp³-hybridized carbons (Fsp3) is 1.00. The molecule has 0 aliphatic heterocycles. The number of halogens is 1. The molecule has 0 bridgehead atoms. The topological polar surface area (TPSA) is 20.2 Å². The first kappa shape index (κ1) is 4.47. The minimum atomic E-state index is -0.548. The van der Waals surface area contributed by atoms with Crippen molar-refractivity contribution in [2.24, 2.45) is 0 Å². The van der Waals surface area contributed by atoms with E-state index < -0.39 is 8.83 Å². The van der Waals surface area contributed by atoms with Gasteiger partial charge in [-0.25, -0.2) is 0 Å². The smallest absolute Gasteiger partial charge is 0.152 e. The summed E-state index contributed by atoms with van der Waals surface area (Å²) >= 11 is 5.07. The van der Waals surface area contributed by atoms with Crippen LogP contribution in [0.25, 0.3) is 0 Å². The van der Waals surface area contributed by atoms with E-state index >= 15 is 0 Å². The summed E-state index contributed by atoms with van der Waals surface area (Å²) in [6.45, 7) is 0. The van der Waals surface area contributed by atoms with Crippen molar-refractivity contribution < 1.29 is 5.11 Å². The molecule has 0 aliphatic carbocycles. The molecule has 0 aromatic rings. The largest absolute Gasteiger partial charge is 0.399 e. The zero-order valence-corrected chi connectivity index (χ0v) is 4.41. The predicted octanol–water partition coefficient (Wildman–Crippen LogP) is -0.741. The summed E-state index contributed by atoms with van der Waals surface area (Å²) < 4.78 is 0. The monoisotopic (exact) mass is 96.0 g/mol. The van der Waals surface area contributed by atoms with Gasteiger partial charge in [0.2, 0.25) is 0 Å². The average molecular weight is 96.6 g/mol. The molecule has 0 saturated heterocycles. The molecule has 0 unspecified atom stereocenters. The number of aliphatic hydroxyl groups excluding tert-OH is 1. The van der Waals surface area contributed by atoms with Crippen molar-refractivity contribution in [3.63, 3.8) is 0 Å². The molecule has 0 heterocycles. The van der Waals surface area contributed by atoms with Gasteiger partial charge in [0.05, 0.1) is 0 Å². The molecular weight excluding hydrogens is 91.5 g/mol. The highest BCUT2D eigenvalue weighted by atomic mass is 35.6. The lowest BCUT2D eigenvalue weighted by Crippen LogP contribution is -1.82. The minimum absolute atomic E-state index is 0.224. The van der Waals surface area contributed by atoms with E-state index in [-0.39, 0.29) is 6.23 Å². The van der Waals surface area contributed by atoms with Crippen molar-refractivity contribution >= 4 is 19.9 Å². The zero-order chi connectivity index (χ0) is 3.41. The Labute approximate surface area is 32.1 Å². The van der Waals surface area contributed by atoms with E-state index in [2.05, 4.69) is 0 Å². The van der Waals surface area contributed by atoms with E-state index in [1.165, 1.54) is 0 Å². The molecule has 0 fully saturated rings. The first-order valence-corrected chi connectivity index (χ1v) is 4.22. The van der Waals surface area contributed by atoms with Crippen molar-refractivity contribution in [1.29, 1.82) is 0 Å². The van der Waals surface area contributed by atoms with Gasteiger partial charge in [-0.05, 0) is 0 Å².